The van der Waals surface area contributed by atoms with Gasteiger partial charge in [0.2, 0.25) is 6.79 Å². The summed E-state index contributed by atoms with van der Waals surface area (Å²) in [7, 11) is 4.92. The van der Waals surface area contributed by atoms with Gasteiger partial charge in [0.25, 0.3) is 0 Å². The van der Waals surface area contributed by atoms with Crippen LogP contribution in [0.3, 0.4) is 0 Å². The van der Waals surface area contributed by atoms with E-state index in [2.05, 4.69) is 16.8 Å². The number of phenols is 2. The third kappa shape index (κ3) is 5.40. The lowest BCUT2D eigenvalue weighted by atomic mass is 9.73. The van der Waals surface area contributed by atoms with Gasteiger partial charge in [0.15, 0.2) is 40.0 Å². The molecule has 2 fully saturated rings. The van der Waals surface area contributed by atoms with Crippen LogP contribution in [0.25, 0.3) is 0 Å². The second-order valence-electron chi connectivity index (χ2n) is 15.3. The zero-order valence-electron chi connectivity index (χ0n) is 32.2. The third-order valence-electron chi connectivity index (χ3n) is 12.5. The van der Waals surface area contributed by atoms with Gasteiger partial charge in [-0.3, -0.25) is 15.1 Å². The van der Waals surface area contributed by atoms with Gasteiger partial charge < -0.3 is 48.5 Å². The summed E-state index contributed by atoms with van der Waals surface area (Å²) < 4.78 is 41.4. The van der Waals surface area contributed by atoms with E-state index in [9.17, 15) is 24.9 Å². The predicted octanol–water partition coefficient (Wildman–Crippen LogP) is 4.19. The Kier molecular flexibility index (Phi) is 9.19. The molecule has 302 valence electrons. The molecule has 0 aromatic heterocycles. The maximum atomic E-state index is 14.8. The molecular formula is C41H45N3O12S. The van der Waals surface area contributed by atoms with Crippen LogP contribution in [0.2, 0.25) is 0 Å². The number of aromatic hydroxyl groups is 2. The number of piperazine rings is 1. The number of hydrogen-bond acceptors (Lipinski definition) is 16. The number of phenolic OH excluding ortho intramolecular Hbond substituents is 2. The smallest absolute Gasteiger partial charge is 0.504 e. The first-order valence-electron chi connectivity index (χ1n) is 18.9. The van der Waals surface area contributed by atoms with Crippen LogP contribution < -0.4 is 29.0 Å². The average Bonchev–Trinajstić information content (AvgIpc) is 3.69. The van der Waals surface area contributed by atoms with Crippen LogP contribution in [-0.2, 0) is 32.6 Å². The van der Waals surface area contributed by atoms with Crippen molar-refractivity contribution in [3.8, 4) is 40.2 Å². The summed E-state index contributed by atoms with van der Waals surface area (Å²) in [5, 5.41) is 38.3. The minimum atomic E-state index is -1.40. The van der Waals surface area contributed by atoms with Crippen LogP contribution in [0, 0.1) is 13.8 Å². The van der Waals surface area contributed by atoms with Gasteiger partial charge in [-0.2, -0.15) is 0 Å². The third-order valence-corrected chi connectivity index (χ3v) is 14.0. The second-order valence-corrected chi connectivity index (χ2v) is 16.4. The Balaban J connectivity index is 1.31. The van der Waals surface area contributed by atoms with Crippen molar-refractivity contribution in [3.05, 3.63) is 75.4 Å². The van der Waals surface area contributed by atoms with Crippen molar-refractivity contribution in [1.29, 1.82) is 0 Å². The lowest BCUT2D eigenvalue weighted by molar-refractivity contribution is -0.186. The molecule has 0 radical (unpaired) electrons. The molecule has 3 aromatic carbocycles. The Morgan fingerprint density at radius 2 is 1.86 bits per heavy atom. The molecule has 1 spiro atoms. The number of nitrogens with one attached hydrogen (secondary N) is 1. The zero-order chi connectivity index (χ0) is 40.1. The van der Waals surface area contributed by atoms with E-state index in [1.165, 1.54) is 32.1 Å². The topological polar surface area (TPSA) is 178 Å². The summed E-state index contributed by atoms with van der Waals surface area (Å²) in [4.78, 5) is 32.2. The van der Waals surface area contributed by atoms with E-state index in [0.717, 1.165) is 16.7 Å². The molecule has 3 aromatic rings. The number of carbonyl (C=O) groups is 2. The highest BCUT2D eigenvalue weighted by Gasteiger charge is 2.61. The number of thioether (sulfide) groups is 1. The fourth-order valence-electron chi connectivity index (χ4n) is 10.1. The molecule has 7 aliphatic rings. The molecule has 2 saturated heterocycles. The molecule has 7 heterocycles. The van der Waals surface area contributed by atoms with Crippen molar-refractivity contribution in [2.45, 2.75) is 67.9 Å². The van der Waals surface area contributed by atoms with E-state index in [1.807, 2.05) is 24.9 Å². The number of hydrogen-bond donors (Lipinski definition) is 4. The highest BCUT2D eigenvalue weighted by molar-refractivity contribution is 7.99. The first kappa shape index (κ1) is 37.7. The summed E-state index contributed by atoms with van der Waals surface area (Å²) in [6.07, 6.45) is 0.384. The largest absolute Gasteiger partial charge is 0.514 e. The fourth-order valence-corrected chi connectivity index (χ4v) is 11.8. The number of aliphatic hydroxyl groups is 1. The maximum Gasteiger partial charge on any atom is 0.514 e. The number of nitrogens with zero attached hydrogens (tertiary/aromatic N) is 2. The normalized spacial score (nSPS) is 28.4. The molecule has 15 nitrogen and oxygen atoms in total. The SMILES string of the molecule is C=CCOC(=O)Oc1c(C)c2c(c3c1[C@H]1SC[C@]4(NCCc5cc(O)c(OC)cc54)C(=O)OC[C@H]3N3C1[C@H]1c4c(cc(C)c(OC)c4O)C[C@@H]([C@@H]3O)N1C)OCO2. The minimum absolute atomic E-state index is 0.0151. The van der Waals surface area contributed by atoms with Gasteiger partial charge in [0.1, 0.15) is 25.2 Å². The molecule has 7 atom stereocenters. The number of ether oxygens (including phenoxy) is 7. The zero-order valence-corrected chi connectivity index (χ0v) is 33.1. The number of benzene rings is 3. The second kappa shape index (κ2) is 13.9. The van der Waals surface area contributed by atoms with Crippen LogP contribution in [0.4, 0.5) is 4.79 Å². The number of rotatable bonds is 5. The molecule has 4 N–H and O–H groups in total. The molecular weight excluding hydrogens is 759 g/mol. The number of aryl methyl sites for hydroxylation is 1. The van der Waals surface area contributed by atoms with Crippen molar-refractivity contribution in [2.24, 2.45) is 0 Å². The van der Waals surface area contributed by atoms with E-state index >= 15 is 0 Å². The minimum Gasteiger partial charge on any atom is -0.504 e. The van der Waals surface area contributed by atoms with Gasteiger partial charge >= 0.3 is 12.1 Å². The predicted molar refractivity (Wildman–Crippen MR) is 205 cm³/mol. The Hall–Kier alpha value is -4.87. The fraction of sp³-hybridized carbons (Fsp3) is 0.463. The van der Waals surface area contributed by atoms with E-state index in [4.69, 9.17) is 33.2 Å². The Morgan fingerprint density at radius 3 is 2.61 bits per heavy atom. The summed E-state index contributed by atoms with van der Waals surface area (Å²) in [5.74, 6) is 1.10. The van der Waals surface area contributed by atoms with E-state index < -0.39 is 53.3 Å². The molecule has 16 heteroatoms. The number of esters is 1. The first-order valence-corrected chi connectivity index (χ1v) is 19.9. The van der Waals surface area contributed by atoms with Gasteiger partial charge in [0, 0.05) is 40.6 Å². The van der Waals surface area contributed by atoms with Crippen LogP contribution >= 0.6 is 11.8 Å². The van der Waals surface area contributed by atoms with Gasteiger partial charge in [-0.15, -0.1) is 11.8 Å². The van der Waals surface area contributed by atoms with E-state index in [1.54, 1.807) is 19.1 Å². The van der Waals surface area contributed by atoms with E-state index in [0.29, 0.717) is 64.5 Å². The van der Waals surface area contributed by atoms with E-state index in [-0.39, 0.29) is 48.8 Å². The number of likely N-dealkylation sites (N-methyl/N-ethyl adjacent to an activating group) is 1. The Morgan fingerprint density at radius 1 is 1.07 bits per heavy atom. The molecule has 7 aliphatic heterocycles. The van der Waals surface area contributed by atoms with Crippen LogP contribution in [-0.4, -0.2) is 109 Å². The quantitative estimate of drug-likeness (QED) is 0.164. The average molecular weight is 804 g/mol. The molecule has 10 rings (SSSR count). The highest BCUT2D eigenvalue weighted by atomic mass is 32.2. The molecule has 0 amide bonds. The molecule has 0 saturated carbocycles. The summed E-state index contributed by atoms with van der Waals surface area (Å²) >= 11 is 1.43. The molecule has 1 unspecified atom stereocenters. The summed E-state index contributed by atoms with van der Waals surface area (Å²) in [5.41, 5.74) is 3.98. The van der Waals surface area contributed by atoms with Crippen LogP contribution in [0.15, 0.2) is 30.9 Å². The summed E-state index contributed by atoms with van der Waals surface area (Å²) in [6.45, 7) is 7.32. The first-order chi connectivity index (χ1) is 27.4. The van der Waals surface area contributed by atoms with Crippen molar-refractivity contribution in [2.75, 3.05) is 53.6 Å². The van der Waals surface area contributed by atoms with Crippen molar-refractivity contribution >= 4 is 23.9 Å². The highest BCUT2D eigenvalue weighted by Crippen LogP contribution is 2.64. The number of fused-ring (bicyclic) bond motifs is 9. The van der Waals surface area contributed by atoms with Crippen LogP contribution in [0.1, 0.15) is 61.8 Å². The van der Waals surface area contributed by atoms with Gasteiger partial charge in [-0.05, 0) is 68.1 Å². The standard InChI is InChI=1S/C41H45N3O12S/c1-7-10-52-40(49)56-34-19(3)35-36(55-17-54-35)28-24-15-53-39(48)41(22-14-26(50-5)25(45)13-20(22)8-9-42-41)16-57-37(29(28)34)31-30-27-21(11-18(2)33(51-6)32(27)46)12-23(43(30)4)38(47)44(24)31/h7,11,13-14,23-24,30-31,37-38,42,45-47H,1,8-10,12,15-17H2,2-6H3/t23-,24+,30+,31?,37+,38-,41+/m0/s1. The molecule has 57 heavy (non-hydrogen) atoms. The van der Waals surface area contributed by atoms with Gasteiger partial charge in [-0.1, -0.05) is 18.7 Å². The maximum absolute atomic E-state index is 14.8. The van der Waals surface area contributed by atoms with Crippen LogP contribution in [0.5, 0.6) is 40.2 Å². The van der Waals surface area contributed by atoms with Crippen molar-refractivity contribution in [1.82, 2.24) is 15.1 Å². The Bertz CT molecular complexity index is 2220. The van der Waals surface area contributed by atoms with Gasteiger partial charge in [0.05, 0.1) is 37.6 Å². The number of carbonyl (C=O) groups excluding carboxylic acids is 2. The summed E-state index contributed by atoms with van der Waals surface area (Å²) in [6, 6.07) is 2.90. The van der Waals surface area contributed by atoms with Gasteiger partial charge in [-0.25, -0.2) is 9.59 Å². The molecule has 0 aliphatic carbocycles. The molecule has 4 bridgehead atoms. The lowest BCUT2D eigenvalue weighted by Crippen LogP contribution is -2.70. The Labute approximate surface area is 333 Å². The number of methoxy groups -OCH3 is 2. The van der Waals surface area contributed by atoms with Crippen molar-refractivity contribution < 1.29 is 58.1 Å². The lowest BCUT2D eigenvalue weighted by Gasteiger charge is -2.62. The monoisotopic (exact) mass is 803 g/mol. The number of aliphatic hydroxyl groups excluding tert-OH is 1. The van der Waals surface area contributed by atoms with Crippen molar-refractivity contribution in [3.63, 3.8) is 0 Å².